The molecule has 0 spiro atoms. The van der Waals surface area contributed by atoms with Crippen molar-refractivity contribution in [3.05, 3.63) is 40.8 Å². The quantitative estimate of drug-likeness (QED) is 0.480. The van der Waals surface area contributed by atoms with Crippen LogP contribution in [-0.2, 0) is 19.6 Å². The molecule has 0 radical (unpaired) electrons. The molecule has 1 aromatic carbocycles. The minimum absolute atomic E-state index is 0.0525. The number of amides is 2. The van der Waals surface area contributed by atoms with Crippen LogP contribution in [0.5, 0.6) is 0 Å². The summed E-state index contributed by atoms with van der Waals surface area (Å²) in [5, 5.41) is 10.1. The molecule has 0 saturated heterocycles. The first-order valence-corrected chi connectivity index (χ1v) is 11.2. The number of fused-ring (bicyclic) bond motifs is 2. The summed E-state index contributed by atoms with van der Waals surface area (Å²) in [6.07, 6.45) is 1.46. The van der Waals surface area contributed by atoms with E-state index in [1.165, 1.54) is 46.8 Å². The molecule has 1 unspecified atom stereocenters. The number of aromatic amines is 1. The zero-order valence-corrected chi connectivity index (χ0v) is 17.2. The normalized spacial score (nSPS) is 15.7. The Morgan fingerprint density at radius 3 is 2.73 bits per heavy atom. The lowest BCUT2D eigenvalue weighted by Gasteiger charge is -2.13. The third-order valence-corrected chi connectivity index (χ3v) is 6.95. The highest BCUT2D eigenvalue weighted by molar-refractivity contribution is 7.99. The lowest BCUT2D eigenvalue weighted by molar-refractivity contribution is -0.117. The number of benzene rings is 1. The van der Waals surface area contributed by atoms with Gasteiger partial charge in [0, 0.05) is 24.8 Å². The lowest BCUT2D eigenvalue weighted by atomic mass is 10.2. The van der Waals surface area contributed by atoms with Gasteiger partial charge in [-0.25, -0.2) is 18.1 Å². The highest BCUT2D eigenvalue weighted by atomic mass is 32.2. The van der Waals surface area contributed by atoms with Crippen LogP contribution >= 0.6 is 11.8 Å². The smallest absolute Gasteiger partial charge is 0.265 e. The van der Waals surface area contributed by atoms with Crippen LogP contribution in [0.25, 0.3) is 11.0 Å². The van der Waals surface area contributed by atoms with Gasteiger partial charge < -0.3 is 5.32 Å². The van der Waals surface area contributed by atoms with Gasteiger partial charge in [-0.2, -0.15) is 5.10 Å². The van der Waals surface area contributed by atoms with Crippen LogP contribution in [0.2, 0.25) is 0 Å². The van der Waals surface area contributed by atoms with Crippen molar-refractivity contribution in [2.75, 3.05) is 11.1 Å². The number of thioether (sulfide) groups is 1. The highest BCUT2D eigenvalue weighted by Crippen LogP contribution is 2.33. The van der Waals surface area contributed by atoms with Gasteiger partial charge in [0.25, 0.3) is 15.6 Å². The molecular weight excluding hydrogens is 432 g/mol. The van der Waals surface area contributed by atoms with Crippen molar-refractivity contribution in [2.45, 2.75) is 29.4 Å². The number of anilines is 1. The molecule has 0 saturated carbocycles. The molecule has 4 rings (SSSR count). The molecule has 156 valence electrons. The van der Waals surface area contributed by atoms with E-state index in [-0.39, 0.29) is 28.8 Å². The molecule has 3 heterocycles. The second-order valence-electron chi connectivity index (χ2n) is 6.61. The molecule has 3 aromatic rings. The molecule has 1 aliphatic heterocycles. The molecule has 0 fully saturated rings. The van der Waals surface area contributed by atoms with Crippen molar-refractivity contribution in [3.63, 3.8) is 0 Å². The fourth-order valence-corrected chi connectivity index (χ4v) is 5.22. The standard InChI is InChI=1S/C17H16N6O5S2/c1-9(24)22-30(27,28)12-4-2-10(3-5-12)19-14(25)6-11-8-29-17-20-15-13(7-18-21-15)16(26)23(11)17/h2-5,7,11H,6,8H2,1H3,(H,18,21)(H,19,25)(H,22,24). The van der Waals surface area contributed by atoms with Gasteiger partial charge in [-0.1, -0.05) is 11.8 Å². The molecule has 2 amide bonds. The van der Waals surface area contributed by atoms with Crippen LogP contribution in [0.1, 0.15) is 19.4 Å². The summed E-state index contributed by atoms with van der Waals surface area (Å²) in [7, 11) is -3.94. The SMILES string of the molecule is CC(=O)NS(=O)(=O)c1ccc(NC(=O)CC2CSc3nc4[nH]ncc4c(=O)n32)cc1. The van der Waals surface area contributed by atoms with Gasteiger partial charge in [0.15, 0.2) is 10.8 Å². The minimum Gasteiger partial charge on any atom is -0.326 e. The second-order valence-corrected chi connectivity index (χ2v) is 9.27. The molecule has 1 aliphatic rings. The number of sulfonamides is 1. The maximum absolute atomic E-state index is 12.7. The number of hydrogen-bond acceptors (Lipinski definition) is 8. The molecule has 3 N–H and O–H groups in total. The van der Waals surface area contributed by atoms with Crippen LogP contribution in [0.15, 0.2) is 45.3 Å². The average molecular weight is 448 g/mol. The molecule has 2 aromatic heterocycles. The predicted octanol–water partition coefficient (Wildman–Crippen LogP) is 0.620. The maximum Gasteiger partial charge on any atom is 0.265 e. The van der Waals surface area contributed by atoms with Gasteiger partial charge in [-0.3, -0.25) is 24.0 Å². The van der Waals surface area contributed by atoms with Crippen LogP contribution in [-0.4, -0.2) is 45.7 Å². The van der Waals surface area contributed by atoms with Gasteiger partial charge in [-0.15, -0.1) is 0 Å². The van der Waals surface area contributed by atoms with Gasteiger partial charge in [0.1, 0.15) is 5.39 Å². The van der Waals surface area contributed by atoms with Gasteiger partial charge in [0.2, 0.25) is 11.8 Å². The number of nitrogens with zero attached hydrogens (tertiary/aromatic N) is 3. The number of aromatic nitrogens is 4. The van der Waals surface area contributed by atoms with Crippen LogP contribution in [0.3, 0.4) is 0 Å². The number of hydrogen-bond donors (Lipinski definition) is 3. The van der Waals surface area contributed by atoms with E-state index in [1.54, 1.807) is 0 Å². The van der Waals surface area contributed by atoms with Crippen molar-refractivity contribution >= 4 is 50.3 Å². The Hall–Kier alpha value is -3.19. The van der Waals surface area contributed by atoms with Crippen LogP contribution < -0.4 is 15.6 Å². The summed E-state index contributed by atoms with van der Waals surface area (Å²) < 4.78 is 27.3. The molecule has 30 heavy (non-hydrogen) atoms. The van der Waals surface area contributed by atoms with Crippen molar-refractivity contribution in [3.8, 4) is 0 Å². The van der Waals surface area contributed by atoms with E-state index >= 15 is 0 Å². The molecular formula is C17H16N6O5S2. The molecule has 0 aliphatic carbocycles. The summed E-state index contributed by atoms with van der Waals surface area (Å²) in [6.45, 7) is 1.10. The predicted molar refractivity (Wildman–Crippen MR) is 109 cm³/mol. The Kier molecular flexibility index (Phi) is 5.07. The summed E-state index contributed by atoms with van der Waals surface area (Å²) in [4.78, 5) is 40.4. The van der Waals surface area contributed by atoms with E-state index in [2.05, 4.69) is 20.5 Å². The molecule has 13 heteroatoms. The van der Waals surface area contributed by atoms with Crippen molar-refractivity contribution in [1.29, 1.82) is 0 Å². The zero-order valence-electron chi connectivity index (χ0n) is 15.6. The Morgan fingerprint density at radius 2 is 2.03 bits per heavy atom. The molecule has 0 bridgehead atoms. The van der Waals surface area contributed by atoms with Crippen molar-refractivity contribution in [2.24, 2.45) is 0 Å². The number of nitrogens with one attached hydrogen (secondary N) is 3. The van der Waals surface area contributed by atoms with E-state index in [0.29, 0.717) is 27.6 Å². The Morgan fingerprint density at radius 1 is 1.30 bits per heavy atom. The number of carbonyl (C=O) groups excluding carboxylic acids is 2. The third kappa shape index (κ3) is 3.80. The Labute approximate surface area is 174 Å². The second kappa shape index (κ2) is 7.57. The Bertz CT molecular complexity index is 1310. The zero-order chi connectivity index (χ0) is 21.5. The fraction of sp³-hybridized carbons (Fsp3) is 0.235. The van der Waals surface area contributed by atoms with Crippen LogP contribution in [0, 0.1) is 0 Å². The van der Waals surface area contributed by atoms with E-state index in [4.69, 9.17) is 0 Å². The summed E-state index contributed by atoms with van der Waals surface area (Å²) in [5.41, 5.74) is 0.556. The van der Waals surface area contributed by atoms with E-state index in [0.717, 1.165) is 6.92 Å². The van der Waals surface area contributed by atoms with Crippen LogP contribution in [0.4, 0.5) is 5.69 Å². The first-order valence-electron chi connectivity index (χ1n) is 8.76. The average Bonchev–Trinajstić information content (AvgIpc) is 3.29. The van der Waals surface area contributed by atoms with E-state index in [1.807, 2.05) is 4.72 Å². The topological polar surface area (TPSA) is 156 Å². The van der Waals surface area contributed by atoms with E-state index < -0.39 is 15.9 Å². The summed E-state index contributed by atoms with van der Waals surface area (Å²) in [6, 6.07) is 5.06. The van der Waals surface area contributed by atoms with E-state index in [9.17, 15) is 22.8 Å². The first kappa shape index (κ1) is 20.1. The molecule has 11 nitrogen and oxygen atoms in total. The Balaban J connectivity index is 1.47. The lowest BCUT2D eigenvalue weighted by Crippen LogP contribution is -2.28. The third-order valence-electron chi connectivity index (χ3n) is 4.40. The number of carbonyl (C=O) groups is 2. The van der Waals surface area contributed by atoms with Crippen molar-refractivity contribution < 1.29 is 18.0 Å². The molecule has 1 atom stereocenters. The fourth-order valence-electron chi connectivity index (χ4n) is 3.10. The summed E-state index contributed by atoms with van der Waals surface area (Å²) >= 11 is 1.39. The largest absolute Gasteiger partial charge is 0.326 e. The van der Waals surface area contributed by atoms with Crippen molar-refractivity contribution in [1.82, 2.24) is 24.5 Å². The summed E-state index contributed by atoms with van der Waals surface area (Å²) in [5.74, 6) is -0.492. The monoisotopic (exact) mass is 448 g/mol. The minimum atomic E-state index is -3.94. The van der Waals surface area contributed by atoms with Gasteiger partial charge in [0.05, 0.1) is 17.1 Å². The highest BCUT2D eigenvalue weighted by Gasteiger charge is 2.29. The number of rotatable bonds is 5. The maximum atomic E-state index is 12.7. The first-order chi connectivity index (χ1) is 14.2. The number of H-pyrrole nitrogens is 1. The van der Waals surface area contributed by atoms with Gasteiger partial charge in [-0.05, 0) is 24.3 Å². The van der Waals surface area contributed by atoms with Gasteiger partial charge >= 0.3 is 0 Å².